The Labute approximate surface area is 178 Å². The van der Waals surface area contributed by atoms with E-state index in [1.165, 1.54) is 13.0 Å². The van der Waals surface area contributed by atoms with Crippen molar-refractivity contribution in [1.82, 2.24) is 10.2 Å². The molecule has 176 valence electrons. The molecule has 1 amide bonds. The predicted octanol–water partition coefficient (Wildman–Crippen LogP) is 0.277. The molecule has 1 aliphatic heterocycles. The fourth-order valence-electron chi connectivity index (χ4n) is 3.80. The van der Waals surface area contributed by atoms with Crippen molar-refractivity contribution in [3.05, 3.63) is 11.6 Å². The summed E-state index contributed by atoms with van der Waals surface area (Å²) < 4.78 is 52.1. The fraction of sp³-hybridized carbons (Fsp3) is 0.737. The number of carbonyl (C=O) groups is 3. The highest BCUT2D eigenvalue weighted by Gasteiger charge is 2.44. The molecule has 2 aliphatic rings. The van der Waals surface area contributed by atoms with Crippen molar-refractivity contribution in [3.8, 4) is 0 Å². The van der Waals surface area contributed by atoms with Crippen LogP contribution in [0.5, 0.6) is 0 Å². The molecule has 31 heavy (non-hydrogen) atoms. The van der Waals surface area contributed by atoms with Gasteiger partial charge < -0.3 is 25.3 Å². The molecule has 0 aromatic rings. The molecule has 12 heteroatoms. The standard InChI is InChI=1S/C19H28F3N3O6/c1-11(26)24-16-14(23)8-12(17(27)31-18(28)19(20,21)22)9-15(16)25-5-3-4-13(10-25)30-7-6-29-2/h9,13-16H,3-8,10,23H2,1-2H3,(H,24,26)/t13-,14+,15-,16-/m1/s1. The number of nitrogens with zero attached hydrogens (tertiary/aromatic N) is 1. The van der Waals surface area contributed by atoms with Crippen LogP contribution < -0.4 is 11.1 Å². The van der Waals surface area contributed by atoms with Gasteiger partial charge in [-0.25, -0.2) is 9.59 Å². The molecule has 1 fully saturated rings. The number of ether oxygens (including phenoxy) is 3. The molecule has 1 saturated heterocycles. The van der Waals surface area contributed by atoms with Crippen LogP contribution in [-0.4, -0.2) is 86.6 Å². The van der Waals surface area contributed by atoms with E-state index in [0.29, 0.717) is 26.3 Å². The zero-order chi connectivity index (χ0) is 23.2. The molecule has 9 nitrogen and oxygen atoms in total. The third kappa shape index (κ3) is 7.27. The molecular formula is C19H28F3N3O6. The molecule has 0 spiro atoms. The molecule has 4 atom stereocenters. The van der Waals surface area contributed by atoms with Crippen LogP contribution in [0.15, 0.2) is 11.6 Å². The maximum absolute atomic E-state index is 12.4. The van der Waals surface area contributed by atoms with Crippen LogP contribution in [0, 0.1) is 0 Å². The smallest absolute Gasteiger partial charge is 0.383 e. The Kier molecular flexibility index (Phi) is 8.98. The van der Waals surface area contributed by atoms with Gasteiger partial charge in [0.15, 0.2) is 0 Å². The van der Waals surface area contributed by atoms with Crippen molar-refractivity contribution in [1.29, 1.82) is 0 Å². The first kappa shape index (κ1) is 25.2. The van der Waals surface area contributed by atoms with E-state index in [9.17, 15) is 27.6 Å². The minimum atomic E-state index is -5.29. The average Bonchev–Trinajstić information content (AvgIpc) is 2.68. The van der Waals surface area contributed by atoms with E-state index >= 15 is 0 Å². The van der Waals surface area contributed by atoms with E-state index in [1.807, 2.05) is 4.90 Å². The van der Waals surface area contributed by atoms with Gasteiger partial charge in [0, 0.05) is 32.2 Å². The third-order valence-corrected chi connectivity index (χ3v) is 5.18. The van der Waals surface area contributed by atoms with Gasteiger partial charge in [-0.15, -0.1) is 0 Å². The maximum Gasteiger partial charge on any atom is 0.491 e. The van der Waals surface area contributed by atoms with Crippen LogP contribution in [0.2, 0.25) is 0 Å². The molecule has 1 aliphatic carbocycles. The van der Waals surface area contributed by atoms with Gasteiger partial charge >= 0.3 is 18.1 Å². The van der Waals surface area contributed by atoms with E-state index in [0.717, 1.165) is 12.8 Å². The number of esters is 2. The van der Waals surface area contributed by atoms with Crippen LogP contribution >= 0.6 is 0 Å². The van der Waals surface area contributed by atoms with Crippen molar-refractivity contribution in [2.75, 3.05) is 33.4 Å². The van der Waals surface area contributed by atoms with E-state index in [1.54, 1.807) is 7.11 Å². The number of piperidine rings is 1. The molecule has 0 aromatic carbocycles. The normalized spacial score (nSPS) is 27.4. The lowest BCUT2D eigenvalue weighted by Gasteiger charge is -2.44. The first-order chi connectivity index (χ1) is 14.5. The van der Waals surface area contributed by atoms with Gasteiger partial charge in [-0.2, -0.15) is 13.2 Å². The number of carbonyl (C=O) groups excluding carboxylic acids is 3. The van der Waals surface area contributed by atoms with Gasteiger partial charge in [0.05, 0.1) is 31.4 Å². The third-order valence-electron chi connectivity index (χ3n) is 5.18. The highest BCUT2D eigenvalue weighted by atomic mass is 19.4. The van der Waals surface area contributed by atoms with Crippen molar-refractivity contribution in [2.45, 2.75) is 56.6 Å². The van der Waals surface area contributed by atoms with Crippen LogP contribution in [-0.2, 0) is 28.6 Å². The van der Waals surface area contributed by atoms with Crippen LogP contribution in [0.4, 0.5) is 13.2 Å². The summed E-state index contributed by atoms with van der Waals surface area (Å²) in [5.41, 5.74) is 6.02. The van der Waals surface area contributed by atoms with Gasteiger partial charge in [-0.1, -0.05) is 6.08 Å². The van der Waals surface area contributed by atoms with Crippen LogP contribution in [0.25, 0.3) is 0 Å². The van der Waals surface area contributed by atoms with Crippen molar-refractivity contribution in [2.24, 2.45) is 5.73 Å². The maximum atomic E-state index is 12.4. The summed E-state index contributed by atoms with van der Waals surface area (Å²) in [7, 11) is 1.56. The van der Waals surface area contributed by atoms with Gasteiger partial charge in [0.25, 0.3) is 0 Å². The molecular weight excluding hydrogens is 423 g/mol. The highest BCUT2D eigenvalue weighted by molar-refractivity contribution is 5.98. The Bertz CT molecular complexity index is 700. The summed E-state index contributed by atoms with van der Waals surface area (Å²) in [5.74, 6) is -4.31. The zero-order valence-electron chi connectivity index (χ0n) is 17.4. The Morgan fingerprint density at radius 3 is 2.61 bits per heavy atom. The summed E-state index contributed by atoms with van der Waals surface area (Å²) in [4.78, 5) is 36.9. The van der Waals surface area contributed by atoms with E-state index in [2.05, 4.69) is 10.1 Å². The number of rotatable bonds is 7. The van der Waals surface area contributed by atoms with Gasteiger partial charge in [-0.05, 0) is 25.8 Å². The summed E-state index contributed by atoms with van der Waals surface area (Å²) in [6.45, 7) is 3.24. The molecule has 0 aromatic heterocycles. The monoisotopic (exact) mass is 451 g/mol. The Hall–Kier alpha value is -2.02. The fourth-order valence-corrected chi connectivity index (χ4v) is 3.80. The number of nitrogens with two attached hydrogens (primary N) is 1. The van der Waals surface area contributed by atoms with Crippen molar-refractivity contribution >= 4 is 17.8 Å². The Morgan fingerprint density at radius 2 is 2.00 bits per heavy atom. The van der Waals surface area contributed by atoms with Gasteiger partial charge in [0.2, 0.25) is 5.91 Å². The van der Waals surface area contributed by atoms with Gasteiger partial charge in [0.1, 0.15) is 0 Å². The second kappa shape index (κ2) is 11.0. The zero-order valence-corrected chi connectivity index (χ0v) is 17.4. The predicted molar refractivity (Wildman–Crippen MR) is 102 cm³/mol. The molecule has 0 bridgehead atoms. The Balaban J connectivity index is 2.21. The number of amides is 1. The number of hydrogen-bond acceptors (Lipinski definition) is 8. The topological polar surface area (TPSA) is 120 Å². The lowest BCUT2D eigenvalue weighted by Crippen LogP contribution is -2.62. The first-order valence-corrected chi connectivity index (χ1v) is 9.94. The number of nitrogens with one attached hydrogen (secondary N) is 1. The van der Waals surface area contributed by atoms with E-state index < -0.39 is 36.2 Å². The molecule has 3 N–H and O–H groups in total. The quantitative estimate of drug-likeness (QED) is 0.322. The number of halogens is 3. The second-order valence-electron chi connectivity index (χ2n) is 7.57. The second-order valence-corrected chi connectivity index (χ2v) is 7.57. The van der Waals surface area contributed by atoms with Crippen molar-refractivity contribution < 1.29 is 41.8 Å². The minimum Gasteiger partial charge on any atom is -0.383 e. The molecule has 0 unspecified atom stereocenters. The number of methoxy groups -OCH3 is 1. The molecule has 1 heterocycles. The molecule has 0 radical (unpaired) electrons. The SMILES string of the molecule is COCCO[C@@H]1CCCN([C@@H]2C=C(C(=O)OC(=O)C(F)(F)F)C[C@H](N)[C@H]2NC(C)=O)C1. The number of alkyl halides is 3. The van der Waals surface area contributed by atoms with Crippen molar-refractivity contribution in [3.63, 3.8) is 0 Å². The largest absolute Gasteiger partial charge is 0.491 e. The van der Waals surface area contributed by atoms with Gasteiger partial charge in [-0.3, -0.25) is 9.69 Å². The molecule has 2 rings (SSSR count). The first-order valence-electron chi connectivity index (χ1n) is 9.94. The lowest BCUT2D eigenvalue weighted by molar-refractivity contribution is -0.200. The summed E-state index contributed by atoms with van der Waals surface area (Å²) in [6.07, 6.45) is -2.54. The summed E-state index contributed by atoms with van der Waals surface area (Å²) in [6, 6.07) is -1.92. The number of likely N-dealkylation sites (tertiary alicyclic amines) is 1. The lowest BCUT2D eigenvalue weighted by atomic mass is 9.85. The highest BCUT2D eigenvalue weighted by Crippen LogP contribution is 2.27. The Morgan fingerprint density at radius 1 is 1.29 bits per heavy atom. The number of hydrogen-bond donors (Lipinski definition) is 2. The van der Waals surface area contributed by atoms with E-state index in [-0.39, 0.29) is 24.0 Å². The summed E-state index contributed by atoms with van der Waals surface area (Å²) in [5, 5.41) is 2.76. The minimum absolute atomic E-state index is 0.115. The molecule has 0 saturated carbocycles. The summed E-state index contributed by atoms with van der Waals surface area (Å²) >= 11 is 0. The van der Waals surface area contributed by atoms with E-state index in [4.69, 9.17) is 15.2 Å². The van der Waals surface area contributed by atoms with Crippen LogP contribution in [0.3, 0.4) is 0 Å². The van der Waals surface area contributed by atoms with Crippen LogP contribution in [0.1, 0.15) is 26.2 Å². The average molecular weight is 451 g/mol.